The molecule has 2 aliphatic carbocycles. The van der Waals surface area contributed by atoms with E-state index in [-0.39, 0.29) is 37.3 Å². The number of unbranched alkanes of at least 4 members (excludes halogenated alkanes) is 6. The lowest BCUT2D eigenvalue weighted by Crippen LogP contribution is -2.29. The molecule has 1 aromatic carbocycles. The summed E-state index contributed by atoms with van der Waals surface area (Å²) in [7, 11) is 0. The Kier molecular flexibility index (Phi) is 12.9. The van der Waals surface area contributed by atoms with Crippen molar-refractivity contribution in [2.24, 2.45) is 17.8 Å². The Balaban J connectivity index is 1.57. The predicted molar refractivity (Wildman–Crippen MR) is 146 cm³/mol. The second-order valence-electron chi connectivity index (χ2n) is 11.1. The van der Waals surface area contributed by atoms with E-state index in [4.69, 9.17) is 19.3 Å². The molecule has 0 radical (unpaired) electrons. The van der Waals surface area contributed by atoms with Gasteiger partial charge in [0, 0.05) is 6.61 Å². The van der Waals surface area contributed by atoms with Crippen LogP contribution in [-0.4, -0.2) is 54.2 Å². The second-order valence-corrected chi connectivity index (χ2v) is 11.1. The van der Waals surface area contributed by atoms with E-state index >= 15 is 0 Å². The summed E-state index contributed by atoms with van der Waals surface area (Å²) in [6, 6.07) is 5.86. The van der Waals surface area contributed by atoms with Crippen LogP contribution in [0.2, 0.25) is 0 Å². The molecule has 2 aliphatic rings. The zero-order chi connectivity index (χ0) is 27.3. The van der Waals surface area contributed by atoms with Crippen molar-refractivity contribution in [3.05, 3.63) is 29.3 Å². The monoisotopic (exact) mass is 532 g/mol. The van der Waals surface area contributed by atoms with Gasteiger partial charge < -0.3 is 24.4 Å². The number of aliphatic hydroxyl groups excluding tert-OH is 1. The topological polar surface area (TPSA) is 102 Å². The highest BCUT2D eigenvalue weighted by atomic mass is 16.6. The highest BCUT2D eigenvalue weighted by molar-refractivity contribution is 5.70. The van der Waals surface area contributed by atoms with Crippen LogP contribution in [0.5, 0.6) is 5.75 Å². The molecular weight excluding hydrogens is 484 g/mol. The molecule has 5 atom stereocenters. The quantitative estimate of drug-likeness (QED) is 0.184. The Labute approximate surface area is 228 Å². The summed E-state index contributed by atoms with van der Waals surface area (Å²) in [5.41, 5.74) is 2.28. The minimum atomic E-state index is -0.986. The number of rotatable bonds is 18. The number of carbonyl (C=O) groups is 2. The molecule has 1 aromatic rings. The minimum Gasteiger partial charge on any atom is -0.482 e. The average molecular weight is 533 g/mol. The fourth-order valence-electron chi connectivity index (χ4n) is 6.45. The zero-order valence-electron chi connectivity index (χ0n) is 23.4. The third-order valence-corrected chi connectivity index (χ3v) is 8.37. The van der Waals surface area contributed by atoms with Crippen LogP contribution in [0.4, 0.5) is 0 Å². The number of carbonyl (C=O) groups excluding carboxylic acids is 1. The van der Waals surface area contributed by atoms with Crippen molar-refractivity contribution in [2.75, 3.05) is 19.8 Å². The number of ether oxygens (including phenoxy) is 3. The molecule has 38 heavy (non-hydrogen) atoms. The highest BCUT2D eigenvalue weighted by Crippen LogP contribution is 2.48. The SMILES string of the molecule is CCCCCCCCC[C@@H](CC[C@@H]1[C@H]2Cc3cccc(OCC(=O)O)c3C[C@H]2C[C@H]1O)OC(=O)COCC. The lowest BCUT2D eigenvalue weighted by atomic mass is 9.73. The average Bonchev–Trinajstić information content (AvgIpc) is 3.20. The highest BCUT2D eigenvalue weighted by Gasteiger charge is 2.45. The van der Waals surface area contributed by atoms with Gasteiger partial charge in [-0.25, -0.2) is 9.59 Å². The standard InChI is InChI=1S/C31H48O7/c1-3-5-6-7-8-9-10-13-24(38-31(35)21-36-4-2)15-16-25-26-17-22-12-11-14-29(37-20-30(33)34)27(22)18-23(26)19-28(25)32/h11-12,14,23-26,28,32H,3-10,13,15-21H2,1-2H3,(H,33,34)/t23-,24-,25+,26-,28+/m0/s1. The van der Waals surface area contributed by atoms with Crippen molar-refractivity contribution < 1.29 is 34.0 Å². The summed E-state index contributed by atoms with van der Waals surface area (Å²) in [5.74, 6) is 0.242. The molecule has 0 aliphatic heterocycles. The summed E-state index contributed by atoms with van der Waals surface area (Å²) in [6.07, 6.45) is 12.9. The van der Waals surface area contributed by atoms with Crippen LogP contribution < -0.4 is 4.74 Å². The third kappa shape index (κ3) is 9.26. The molecule has 0 heterocycles. The van der Waals surface area contributed by atoms with Gasteiger partial charge in [0.2, 0.25) is 0 Å². The van der Waals surface area contributed by atoms with Gasteiger partial charge in [0.25, 0.3) is 0 Å². The first-order valence-corrected chi connectivity index (χ1v) is 14.8. The van der Waals surface area contributed by atoms with Crippen molar-refractivity contribution >= 4 is 11.9 Å². The van der Waals surface area contributed by atoms with Crippen molar-refractivity contribution in [1.29, 1.82) is 0 Å². The maximum atomic E-state index is 12.3. The largest absolute Gasteiger partial charge is 0.482 e. The number of hydrogen-bond donors (Lipinski definition) is 2. The molecule has 0 bridgehead atoms. The van der Waals surface area contributed by atoms with Crippen LogP contribution in [-0.2, 0) is 31.9 Å². The lowest BCUT2D eigenvalue weighted by molar-refractivity contribution is -0.155. The van der Waals surface area contributed by atoms with Gasteiger partial charge in [0.15, 0.2) is 6.61 Å². The zero-order valence-corrected chi connectivity index (χ0v) is 23.4. The number of carboxylic acid groups (broad SMARTS) is 1. The first-order valence-electron chi connectivity index (χ1n) is 14.8. The summed E-state index contributed by atoms with van der Waals surface area (Å²) in [4.78, 5) is 23.3. The summed E-state index contributed by atoms with van der Waals surface area (Å²) < 4.78 is 16.7. The fraction of sp³-hybridized carbons (Fsp3) is 0.742. The molecule has 214 valence electrons. The van der Waals surface area contributed by atoms with E-state index in [1.54, 1.807) is 0 Å². The van der Waals surface area contributed by atoms with Gasteiger partial charge in [-0.2, -0.15) is 0 Å². The van der Waals surface area contributed by atoms with E-state index < -0.39 is 5.97 Å². The van der Waals surface area contributed by atoms with Crippen LogP contribution in [0.3, 0.4) is 0 Å². The number of aliphatic hydroxyl groups is 1. The first kappa shape index (κ1) is 30.4. The number of carboxylic acids is 1. The van der Waals surface area contributed by atoms with Crippen molar-refractivity contribution in [3.63, 3.8) is 0 Å². The molecule has 1 saturated carbocycles. The van der Waals surface area contributed by atoms with Crippen molar-refractivity contribution in [1.82, 2.24) is 0 Å². The second kappa shape index (κ2) is 16.1. The predicted octanol–water partition coefficient (Wildman–Crippen LogP) is 5.73. The van der Waals surface area contributed by atoms with Crippen LogP contribution in [0.25, 0.3) is 0 Å². The van der Waals surface area contributed by atoms with Crippen LogP contribution in [0.15, 0.2) is 18.2 Å². The molecule has 3 rings (SSSR count). The fourth-order valence-corrected chi connectivity index (χ4v) is 6.45. The maximum Gasteiger partial charge on any atom is 0.341 e. The molecule has 7 nitrogen and oxygen atoms in total. The van der Waals surface area contributed by atoms with E-state index in [0.29, 0.717) is 24.2 Å². The third-order valence-electron chi connectivity index (χ3n) is 8.37. The van der Waals surface area contributed by atoms with Crippen LogP contribution >= 0.6 is 0 Å². The van der Waals surface area contributed by atoms with Gasteiger partial charge in [0.1, 0.15) is 18.5 Å². The van der Waals surface area contributed by atoms with E-state index in [9.17, 15) is 14.7 Å². The summed E-state index contributed by atoms with van der Waals surface area (Å²) in [6.45, 7) is 4.22. The smallest absolute Gasteiger partial charge is 0.341 e. The number of esters is 1. The lowest BCUT2D eigenvalue weighted by Gasteiger charge is -2.32. The molecule has 0 unspecified atom stereocenters. The van der Waals surface area contributed by atoms with Gasteiger partial charge >= 0.3 is 11.9 Å². The Hall–Kier alpha value is -2.12. The number of fused-ring (bicyclic) bond motifs is 2. The molecule has 7 heteroatoms. The molecular formula is C31H48O7. The van der Waals surface area contributed by atoms with E-state index in [2.05, 4.69) is 13.0 Å². The Morgan fingerprint density at radius 1 is 1.00 bits per heavy atom. The maximum absolute atomic E-state index is 12.3. The first-order chi connectivity index (χ1) is 18.4. The molecule has 2 N–H and O–H groups in total. The Bertz CT molecular complexity index is 870. The van der Waals surface area contributed by atoms with E-state index in [1.807, 2.05) is 19.1 Å². The molecule has 0 saturated heterocycles. The Morgan fingerprint density at radius 3 is 2.50 bits per heavy atom. The van der Waals surface area contributed by atoms with Crippen LogP contribution in [0.1, 0.15) is 95.6 Å². The number of hydrogen-bond acceptors (Lipinski definition) is 6. The van der Waals surface area contributed by atoms with Crippen molar-refractivity contribution in [2.45, 2.75) is 110 Å². The molecule has 1 fully saturated rings. The van der Waals surface area contributed by atoms with Gasteiger partial charge in [-0.15, -0.1) is 0 Å². The summed E-state index contributed by atoms with van der Waals surface area (Å²) >= 11 is 0. The minimum absolute atomic E-state index is 0.0101. The number of benzene rings is 1. The van der Waals surface area contributed by atoms with E-state index in [1.165, 1.54) is 37.7 Å². The summed E-state index contributed by atoms with van der Waals surface area (Å²) in [5, 5.41) is 20.1. The van der Waals surface area contributed by atoms with Crippen molar-refractivity contribution in [3.8, 4) is 5.75 Å². The number of aliphatic carboxylic acids is 1. The van der Waals surface area contributed by atoms with Gasteiger partial charge in [-0.05, 0) is 86.8 Å². The molecule has 0 amide bonds. The molecule has 0 spiro atoms. The normalized spacial score (nSPS) is 22.9. The van der Waals surface area contributed by atoms with Gasteiger partial charge in [0.05, 0.1) is 6.10 Å². The Morgan fingerprint density at radius 2 is 1.76 bits per heavy atom. The molecule has 0 aromatic heterocycles. The van der Waals surface area contributed by atoms with Gasteiger partial charge in [-0.1, -0.05) is 57.6 Å². The van der Waals surface area contributed by atoms with E-state index in [0.717, 1.165) is 56.9 Å². The van der Waals surface area contributed by atoms with Gasteiger partial charge in [-0.3, -0.25) is 0 Å². The van der Waals surface area contributed by atoms with Crippen LogP contribution in [0, 0.1) is 17.8 Å².